The molecule has 0 aromatic heterocycles. The maximum absolute atomic E-state index is 6.42. The Morgan fingerprint density at radius 2 is 1.61 bits per heavy atom. The second-order valence-electron chi connectivity index (χ2n) is 4.93. The molecule has 0 radical (unpaired) electrons. The number of hydrogen-bond donors (Lipinski definition) is 0. The Hall–Kier alpha value is -1.27. The van der Waals surface area contributed by atoms with Gasteiger partial charge >= 0.3 is 0 Å². The molecule has 2 rings (SSSR count). The maximum atomic E-state index is 6.42. The largest absolute Gasteiger partial charge is 0.122 e. The van der Waals surface area contributed by atoms with E-state index in [1.807, 2.05) is 6.07 Å². The summed E-state index contributed by atoms with van der Waals surface area (Å²) in [5.41, 5.74) is 5.22. The van der Waals surface area contributed by atoms with Gasteiger partial charge in [-0.3, -0.25) is 0 Å². The van der Waals surface area contributed by atoms with E-state index >= 15 is 0 Å². The molecule has 0 spiro atoms. The molecule has 0 nitrogen and oxygen atoms in total. The van der Waals surface area contributed by atoms with E-state index in [4.69, 9.17) is 11.6 Å². The van der Waals surface area contributed by atoms with Crippen molar-refractivity contribution in [3.8, 4) is 0 Å². The zero-order valence-electron chi connectivity index (χ0n) is 11.2. The molecular formula is C17H19Cl. The molecule has 0 fully saturated rings. The molecule has 2 aromatic carbocycles. The van der Waals surface area contributed by atoms with Crippen LogP contribution in [0.15, 0.2) is 48.5 Å². The predicted molar refractivity (Wildman–Crippen MR) is 79.5 cm³/mol. The van der Waals surface area contributed by atoms with Crippen molar-refractivity contribution in [2.24, 2.45) is 0 Å². The van der Waals surface area contributed by atoms with Crippen LogP contribution >= 0.6 is 11.6 Å². The molecule has 2 atom stereocenters. The zero-order valence-corrected chi connectivity index (χ0v) is 11.9. The first-order valence-corrected chi connectivity index (χ1v) is 6.79. The minimum absolute atomic E-state index is 0.0776. The van der Waals surface area contributed by atoms with Crippen molar-refractivity contribution in [1.82, 2.24) is 0 Å². The Labute approximate surface area is 115 Å². The average molecular weight is 259 g/mol. The molecule has 0 saturated heterocycles. The lowest BCUT2D eigenvalue weighted by Gasteiger charge is -2.22. The first-order chi connectivity index (χ1) is 8.59. The summed E-state index contributed by atoms with van der Waals surface area (Å²) < 4.78 is 0. The monoisotopic (exact) mass is 258 g/mol. The normalized spacial score (nSPS) is 14.2. The van der Waals surface area contributed by atoms with E-state index in [1.54, 1.807) is 0 Å². The third-order valence-corrected chi connectivity index (χ3v) is 3.63. The SMILES string of the molecule is Cc1ccc(C(c2ccccc2)C(C)Cl)c(C)c1. The summed E-state index contributed by atoms with van der Waals surface area (Å²) in [7, 11) is 0. The van der Waals surface area contributed by atoms with Crippen molar-refractivity contribution in [3.63, 3.8) is 0 Å². The molecule has 18 heavy (non-hydrogen) atoms. The molecule has 2 aromatic rings. The third kappa shape index (κ3) is 2.76. The molecule has 0 N–H and O–H groups in total. The van der Waals surface area contributed by atoms with Gasteiger partial charge in [-0.1, -0.05) is 54.1 Å². The molecule has 2 unspecified atom stereocenters. The number of aryl methyl sites for hydroxylation is 2. The van der Waals surface area contributed by atoms with Crippen LogP contribution in [0.25, 0.3) is 0 Å². The average Bonchev–Trinajstić information content (AvgIpc) is 2.33. The fraction of sp³-hybridized carbons (Fsp3) is 0.294. The van der Waals surface area contributed by atoms with Crippen molar-refractivity contribution in [2.75, 3.05) is 0 Å². The lowest BCUT2D eigenvalue weighted by molar-refractivity contribution is 0.779. The summed E-state index contributed by atoms with van der Waals surface area (Å²) in [6.07, 6.45) is 0. The van der Waals surface area contributed by atoms with Gasteiger partial charge in [0.05, 0.1) is 0 Å². The zero-order chi connectivity index (χ0) is 13.1. The minimum atomic E-state index is 0.0776. The highest BCUT2D eigenvalue weighted by molar-refractivity contribution is 6.21. The van der Waals surface area contributed by atoms with Crippen LogP contribution in [0.3, 0.4) is 0 Å². The molecule has 94 valence electrons. The Morgan fingerprint density at radius 1 is 0.944 bits per heavy atom. The molecule has 0 heterocycles. The highest BCUT2D eigenvalue weighted by Crippen LogP contribution is 2.33. The van der Waals surface area contributed by atoms with Crippen LogP contribution in [-0.2, 0) is 0 Å². The maximum Gasteiger partial charge on any atom is 0.0417 e. The highest BCUT2D eigenvalue weighted by atomic mass is 35.5. The number of benzene rings is 2. The van der Waals surface area contributed by atoms with Crippen LogP contribution in [0.4, 0.5) is 0 Å². The third-order valence-electron chi connectivity index (χ3n) is 3.38. The van der Waals surface area contributed by atoms with Crippen molar-refractivity contribution in [1.29, 1.82) is 0 Å². The lowest BCUT2D eigenvalue weighted by Crippen LogP contribution is -2.12. The molecular weight excluding hydrogens is 240 g/mol. The van der Waals surface area contributed by atoms with Crippen molar-refractivity contribution in [2.45, 2.75) is 32.1 Å². The quantitative estimate of drug-likeness (QED) is 0.675. The first kappa shape index (κ1) is 13.2. The van der Waals surface area contributed by atoms with Gasteiger partial charge in [-0.25, -0.2) is 0 Å². The number of rotatable bonds is 3. The Morgan fingerprint density at radius 3 is 2.17 bits per heavy atom. The molecule has 1 heteroatoms. The molecule has 0 aliphatic rings. The lowest BCUT2D eigenvalue weighted by atomic mass is 9.86. The van der Waals surface area contributed by atoms with Gasteiger partial charge in [0.2, 0.25) is 0 Å². The van der Waals surface area contributed by atoms with Gasteiger partial charge in [0.15, 0.2) is 0 Å². The molecule has 0 saturated carbocycles. The fourth-order valence-electron chi connectivity index (χ4n) is 2.53. The van der Waals surface area contributed by atoms with E-state index in [0.29, 0.717) is 0 Å². The van der Waals surface area contributed by atoms with E-state index < -0.39 is 0 Å². The van der Waals surface area contributed by atoms with Gasteiger partial charge in [-0.05, 0) is 37.5 Å². The van der Waals surface area contributed by atoms with Gasteiger partial charge < -0.3 is 0 Å². The van der Waals surface area contributed by atoms with Crippen molar-refractivity contribution >= 4 is 11.6 Å². The molecule has 0 bridgehead atoms. The van der Waals surface area contributed by atoms with Crippen LogP contribution in [-0.4, -0.2) is 5.38 Å². The predicted octanol–water partition coefficient (Wildman–Crippen LogP) is 5.06. The van der Waals surface area contributed by atoms with Crippen LogP contribution in [0.5, 0.6) is 0 Å². The van der Waals surface area contributed by atoms with Crippen molar-refractivity contribution in [3.05, 3.63) is 70.8 Å². The summed E-state index contributed by atoms with van der Waals surface area (Å²) in [4.78, 5) is 0. The fourth-order valence-corrected chi connectivity index (χ4v) is 2.81. The number of halogens is 1. The highest BCUT2D eigenvalue weighted by Gasteiger charge is 2.20. The van der Waals surface area contributed by atoms with Crippen LogP contribution in [0.1, 0.15) is 35.1 Å². The Bertz CT molecular complexity index is 514. The Kier molecular flexibility index (Phi) is 4.08. The first-order valence-electron chi connectivity index (χ1n) is 6.35. The molecule has 0 aliphatic heterocycles. The Balaban J connectivity index is 2.49. The smallest absolute Gasteiger partial charge is 0.0417 e. The van der Waals surface area contributed by atoms with E-state index in [-0.39, 0.29) is 11.3 Å². The van der Waals surface area contributed by atoms with E-state index in [2.05, 4.69) is 63.2 Å². The summed E-state index contributed by atoms with van der Waals surface area (Å²) in [6.45, 7) is 6.36. The van der Waals surface area contributed by atoms with Gasteiger partial charge in [-0.15, -0.1) is 11.6 Å². The number of hydrogen-bond acceptors (Lipinski definition) is 0. The van der Waals surface area contributed by atoms with E-state index in [1.165, 1.54) is 22.3 Å². The summed E-state index contributed by atoms with van der Waals surface area (Å²) in [6, 6.07) is 17.1. The van der Waals surface area contributed by atoms with Crippen LogP contribution < -0.4 is 0 Å². The topological polar surface area (TPSA) is 0 Å². The second kappa shape index (κ2) is 5.58. The molecule has 0 aliphatic carbocycles. The van der Waals surface area contributed by atoms with Gasteiger partial charge in [0.1, 0.15) is 0 Å². The number of alkyl halides is 1. The van der Waals surface area contributed by atoms with Crippen LogP contribution in [0, 0.1) is 13.8 Å². The van der Waals surface area contributed by atoms with Gasteiger partial charge in [0, 0.05) is 11.3 Å². The summed E-state index contributed by atoms with van der Waals surface area (Å²) in [5.74, 6) is 0.258. The van der Waals surface area contributed by atoms with Crippen molar-refractivity contribution < 1.29 is 0 Å². The molecule has 0 amide bonds. The van der Waals surface area contributed by atoms with Gasteiger partial charge in [-0.2, -0.15) is 0 Å². The standard InChI is InChI=1S/C17H19Cl/c1-12-9-10-16(13(2)11-12)17(14(3)18)15-7-5-4-6-8-15/h4-11,14,17H,1-3H3. The summed E-state index contributed by atoms with van der Waals surface area (Å²) >= 11 is 6.42. The minimum Gasteiger partial charge on any atom is -0.122 e. The van der Waals surface area contributed by atoms with E-state index in [0.717, 1.165) is 0 Å². The van der Waals surface area contributed by atoms with Crippen LogP contribution in [0.2, 0.25) is 0 Å². The van der Waals surface area contributed by atoms with E-state index in [9.17, 15) is 0 Å². The second-order valence-corrected chi connectivity index (χ2v) is 5.61. The summed E-state index contributed by atoms with van der Waals surface area (Å²) in [5, 5.41) is 0.0776. The van der Waals surface area contributed by atoms with Gasteiger partial charge in [0.25, 0.3) is 0 Å².